The Bertz CT molecular complexity index is 550. The molecule has 1 aliphatic heterocycles. The number of rotatable bonds is 4. The normalized spacial score (nSPS) is 25.3. The fraction of sp³-hybridized carbons (Fsp3) is 0.632. The van der Waals surface area contributed by atoms with Crippen molar-refractivity contribution in [3.8, 4) is 0 Å². The highest BCUT2D eigenvalue weighted by atomic mass is 28.4. The lowest BCUT2D eigenvalue weighted by molar-refractivity contribution is -0.215. The Hall–Kier alpha value is -1.17. The first-order chi connectivity index (χ1) is 11.1. The third-order valence-electron chi connectivity index (χ3n) is 4.98. The van der Waals surface area contributed by atoms with Crippen LogP contribution in [0, 0.1) is 0 Å². The molecular formula is C19H30O4Si. The van der Waals surface area contributed by atoms with Crippen molar-refractivity contribution in [3.63, 3.8) is 0 Å². The van der Waals surface area contributed by atoms with Crippen molar-refractivity contribution in [2.45, 2.75) is 77.2 Å². The minimum atomic E-state index is -1.89. The van der Waals surface area contributed by atoms with Crippen LogP contribution in [-0.4, -0.2) is 26.7 Å². The lowest BCUT2D eigenvalue weighted by Crippen LogP contribution is -2.47. The number of benzene rings is 1. The van der Waals surface area contributed by atoms with E-state index in [0.29, 0.717) is 6.42 Å². The Morgan fingerprint density at radius 2 is 1.79 bits per heavy atom. The van der Waals surface area contributed by atoms with Crippen molar-refractivity contribution in [1.82, 2.24) is 0 Å². The van der Waals surface area contributed by atoms with Gasteiger partial charge in [-0.3, -0.25) is 4.79 Å². The molecule has 24 heavy (non-hydrogen) atoms. The van der Waals surface area contributed by atoms with E-state index in [1.54, 1.807) is 0 Å². The van der Waals surface area contributed by atoms with Gasteiger partial charge in [0.05, 0.1) is 12.2 Å². The summed E-state index contributed by atoms with van der Waals surface area (Å²) in [5.74, 6) is -0.320. The summed E-state index contributed by atoms with van der Waals surface area (Å²) in [4.78, 5) is 11.4. The summed E-state index contributed by atoms with van der Waals surface area (Å²) in [6.45, 7) is 12.6. The molecule has 1 aliphatic rings. The number of ether oxygens (including phenoxy) is 2. The standard InChI is InChI=1S/C19H30O4Si/c1-14(20)21-18-13-16(23-24(5,6)19(2,3)4)12-17(22-18)15-10-8-7-9-11-15/h7-11,16-18H,12-13H2,1-6H3/t16-,17-,18?/m0/s1. The zero-order valence-electron chi connectivity index (χ0n) is 15.7. The van der Waals surface area contributed by atoms with Crippen LogP contribution in [-0.2, 0) is 18.7 Å². The van der Waals surface area contributed by atoms with Gasteiger partial charge in [0.15, 0.2) is 8.32 Å². The SMILES string of the molecule is CC(=O)OC1C[C@@H](O[Si](C)(C)C(C)(C)C)C[C@@H](c2ccccc2)O1. The van der Waals surface area contributed by atoms with E-state index in [2.05, 4.69) is 33.9 Å². The maximum atomic E-state index is 11.4. The lowest BCUT2D eigenvalue weighted by atomic mass is 9.99. The average molecular weight is 351 g/mol. The summed E-state index contributed by atoms with van der Waals surface area (Å²) in [5, 5.41) is 0.143. The highest BCUT2D eigenvalue weighted by Crippen LogP contribution is 2.41. The van der Waals surface area contributed by atoms with E-state index in [1.807, 2.05) is 30.3 Å². The minimum Gasteiger partial charge on any atom is -0.436 e. The molecule has 0 aromatic heterocycles. The molecule has 2 rings (SSSR count). The number of carbonyl (C=O) groups is 1. The van der Waals surface area contributed by atoms with Crippen molar-refractivity contribution >= 4 is 14.3 Å². The first kappa shape index (κ1) is 19.2. The molecule has 1 unspecified atom stereocenters. The summed E-state index contributed by atoms with van der Waals surface area (Å²) < 4.78 is 17.9. The van der Waals surface area contributed by atoms with Crippen molar-refractivity contribution in [2.75, 3.05) is 0 Å². The van der Waals surface area contributed by atoms with Crippen LogP contribution in [0.1, 0.15) is 52.2 Å². The van der Waals surface area contributed by atoms with Crippen LogP contribution in [0.4, 0.5) is 0 Å². The van der Waals surface area contributed by atoms with Crippen LogP contribution < -0.4 is 0 Å². The van der Waals surface area contributed by atoms with Crippen LogP contribution in [0.3, 0.4) is 0 Å². The molecular weight excluding hydrogens is 320 g/mol. The zero-order valence-corrected chi connectivity index (χ0v) is 16.7. The predicted molar refractivity (Wildman–Crippen MR) is 97.1 cm³/mol. The van der Waals surface area contributed by atoms with Crippen molar-refractivity contribution in [2.24, 2.45) is 0 Å². The van der Waals surface area contributed by atoms with Crippen LogP contribution in [0.15, 0.2) is 30.3 Å². The second kappa shape index (κ2) is 7.38. The van der Waals surface area contributed by atoms with Gasteiger partial charge in [0.1, 0.15) is 0 Å². The van der Waals surface area contributed by atoms with Crippen molar-refractivity contribution in [1.29, 1.82) is 0 Å². The molecule has 0 aliphatic carbocycles. The number of hydrogen-bond donors (Lipinski definition) is 0. The lowest BCUT2D eigenvalue weighted by Gasteiger charge is -2.43. The largest absolute Gasteiger partial charge is 0.436 e. The topological polar surface area (TPSA) is 44.8 Å². The first-order valence-corrected chi connectivity index (χ1v) is 11.5. The Labute approximate surface area is 146 Å². The van der Waals surface area contributed by atoms with Crippen molar-refractivity contribution < 1.29 is 18.7 Å². The van der Waals surface area contributed by atoms with Gasteiger partial charge in [-0.1, -0.05) is 51.1 Å². The summed E-state index contributed by atoms with van der Waals surface area (Å²) in [5.41, 5.74) is 1.10. The zero-order chi connectivity index (χ0) is 18.0. The molecule has 3 atom stereocenters. The maximum absolute atomic E-state index is 11.4. The molecule has 1 aromatic carbocycles. The van der Waals surface area contributed by atoms with Crippen LogP contribution in [0.5, 0.6) is 0 Å². The van der Waals surface area contributed by atoms with E-state index in [0.717, 1.165) is 12.0 Å². The van der Waals surface area contributed by atoms with E-state index >= 15 is 0 Å². The molecule has 0 bridgehead atoms. The third kappa shape index (κ3) is 4.91. The molecule has 1 fully saturated rings. The Morgan fingerprint density at radius 1 is 1.17 bits per heavy atom. The van der Waals surface area contributed by atoms with Gasteiger partial charge in [0, 0.05) is 19.8 Å². The fourth-order valence-electron chi connectivity index (χ4n) is 2.68. The van der Waals surface area contributed by atoms with Crippen LogP contribution in [0.25, 0.3) is 0 Å². The molecule has 1 aromatic rings. The quantitative estimate of drug-likeness (QED) is 0.577. The number of esters is 1. The van der Waals surface area contributed by atoms with E-state index < -0.39 is 14.6 Å². The van der Waals surface area contributed by atoms with Crippen LogP contribution >= 0.6 is 0 Å². The summed E-state index contributed by atoms with van der Waals surface area (Å²) in [7, 11) is -1.89. The Morgan fingerprint density at radius 3 is 2.33 bits per heavy atom. The van der Waals surface area contributed by atoms with Gasteiger partial charge in [-0.25, -0.2) is 0 Å². The molecule has 0 amide bonds. The van der Waals surface area contributed by atoms with Gasteiger partial charge < -0.3 is 13.9 Å². The Balaban J connectivity index is 2.16. The molecule has 1 heterocycles. The third-order valence-corrected chi connectivity index (χ3v) is 9.52. The molecule has 0 saturated carbocycles. The number of hydrogen-bond acceptors (Lipinski definition) is 4. The second-order valence-corrected chi connectivity index (χ2v) is 12.8. The highest BCUT2D eigenvalue weighted by molar-refractivity contribution is 6.74. The Kier molecular flexibility index (Phi) is 5.89. The molecule has 0 N–H and O–H groups in total. The highest BCUT2D eigenvalue weighted by Gasteiger charge is 2.42. The fourth-order valence-corrected chi connectivity index (χ4v) is 4.06. The van der Waals surface area contributed by atoms with Gasteiger partial charge in [0.2, 0.25) is 6.29 Å². The minimum absolute atomic E-state index is 0.0363. The van der Waals surface area contributed by atoms with Gasteiger partial charge in [-0.2, -0.15) is 0 Å². The molecule has 134 valence electrons. The van der Waals surface area contributed by atoms with E-state index in [1.165, 1.54) is 6.92 Å². The van der Waals surface area contributed by atoms with E-state index in [-0.39, 0.29) is 23.2 Å². The summed E-state index contributed by atoms with van der Waals surface area (Å²) in [6, 6.07) is 10.1. The molecule has 0 spiro atoms. The van der Waals surface area contributed by atoms with E-state index in [9.17, 15) is 4.79 Å². The van der Waals surface area contributed by atoms with Crippen molar-refractivity contribution in [3.05, 3.63) is 35.9 Å². The average Bonchev–Trinajstić information content (AvgIpc) is 2.45. The van der Waals surface area contributed by atoms with Gasteiger partial charge in [-0.05, 0) is 23.7 Å². The molecule has 1 saturated heterocycles. The summed E-state index contributed by atoms with van der Waals surface area (Å²) >= 11 is 0. The van der Waals surface area contributed by atoms with Gasteiger partial charge in [0.25, 0.3) is 0 Å². The first-order valence-electron chi connectivity index (χ1n) is 8.64. The van der Waals surface area contributed by atoms with E-state index in [4.69, 9.17) is 13.9 Å². The smallest absolute Gasteiger partial charge is 0.304 e. The predicted octanol–water partition coefficient (Wildman–Crippen LogP) is 4.82. The van der Waals surface area contributed by atoms with Crippen LogP contribution in [0.2, 0.25) is 18.1 Å². The molecule has 4 nitrogen and oxygen atoms in total. The van der Waals surface area contributed by atoms with Gasteiger partial charge in [-0.15, -0.1) is 0 Å². The number of carbonyl (C=O) groups excluding carboxylic acids is 1. The second-order valence-electron chi connectivity index (χ2n) is 8.05. The maximum Gasteiger partial charge on any atom is 0.304 e. The monoisotopic (exact) mass is 350 g/mol. The molecule has 5 heteroatoms. The summed E-state index contributed by atoms with van der Waals surface area (Å²) in [6.07, 6.45) is 0.758. The van der Waals surface area contributed by atoms with Gasteiger partial charge >= 0.3 is 5.97 Å². The molecule has 0 radical (unpaired) electrons.